The largest absolute Gasteiger partial charge is 0.493 e. The molecule has 1 aliphatic heterocycles. The van der Waals surface area contributed by atoms with Gasteiger partial charge in [0.15, 0.2) is 28.0 Å². The SMILES string of the molecule is CNc1nc2[nH]c(=O)c3c(c2s1)OC(N)=C(C#N)C3c1ccc(OC)c(OC)c1. The lowest BCUT2D eigenvalue weighted by Gasteiger charge is -2.26. The van der Waals surface area contributed by atoms with Crippen molar-refractivity contribution in [1.82, 2.24) is 9.97 Å². The highest BCUT2D eigenvalue weighted by Crippen LogP contribution is 2.46. The molecule has 0 spiro atoms. The second kappa shape index (κ2) is 7.03. The second-order valence-corrected chi connectivity index (χ2v) is 7.18. The Morgan fingerprint density at radius 2 is 2.10 bits per heavy atom. The number of rotatable bonds is 4. The number of fused-ring (bicyclic) bond motifs is 3. The Morgan fingerprint density at radius 1 is 1.34 bits per heavy atom. The molecule has 3 aromatic rings. The minimum atomic E-state index is -0.725. The number of H-pyrrole nitrogens is 1. The number of hydrogen-bond acceptors (Lipinski definition) is 9. The number of nitriles is 1. The number of nitrogens with two attached hydrogens (primary N) is 1. The molecular formula is C19H17N5O4S. The number of nitrogens with one attached hydrogen (secondary N) is 2. The van der Waals surface area contributed by atoms with E-state index >= 15 is 0 Å². The van der Waals surface area contributed by atoms with Crippen LogP contribution in [0, 0.1) is 11.3 Å². The summed E-state index contributed by atoms with van der Waals surface area (Å²) in [4.78, 5) is 20.1. The fourth-order valence-corrected chi connectivity index (χ4v) is 4.24. The van der Waals surface area contributed by atoms with Crippen LogP contribution in [0.15, 0.2) is 34.4 Å². The van der Waals surface area contributed by atoms with E-state index in [0.29, 0.717) is 43.9 Å². The van der Waals surface area contributed by atoms with Gasteiger partial charge in [-0.3, -0.25) is 4.79 Å². The Labute approximate surface area is 169 Å². The highest BCUT2D eigenvalue weighted by Gasteiger charge is 2.35. The number of anilines is 1. The summed E-state index contributed by atoms with van der Waals surface area (Å²) in [5, 5.41) is 13.3. The molecule has 0 bridgehead atoms. The minimum Gasteiger partial charge on any atom is -0.493 e. The van der Waals surface area contributed by atoms with E-state index in [4.69, 9.17) is 19.9 Å². The Kier molecular flexibility index (Phi) is 4.52. The average molecular weight is 411 g/mol. The third kappa shape index (κ3) is 2.83. The number of allylic oxidation sites excluding steroid dienone is 1. The number of methoxy groups -OCH3 is 2. The van der Waals surface area contributed by atoms with Gasteiger partial charge in [-0.1, -0.05) is 17.4 Å². The van der Waals surface area contributed by atoms with Crippen molar-refractivity contribution >= 4 is 26.8 Å². The summed E-state index contributed by atoms with van der Waals surface area (Å²) >= 11 is 1.32. The second-order valence-electron chi connectivity index (χ2n) is 6.18. The first-order valence-electron chi connectivity index (χ1n) is 8.56. The fraction of sp³-hybridized carbons (Fsp3) is 0.211. The molecule has 0 saturated heterocycles. The molecule has 10 heteroatoms. The van der Waals surface area contributed by atoms with Gasteiger partial charge in [-0.2, -0.15) is 5.26 Å². The number of pyridine rings is 1. The Balaban J connectivity index is 2.02. The first-order chi connectivity index (χ1) is 14.0. The molecule has 0 aliphatic carbocycles. The molecule has 29 heavy (non-hydrogen) atoms. The molecule has 0 saturated carbocycles. The quantitative estimate of drug-likeness (QED) is 0.595. The van der Waals surface area contributed by atoms with E-state index < -0.39 is 11.5 Å². The van der Waals surface area contributed by atoms with Crippen LogP contribution in [0.25, 0.3) is 10.3 Å². The number of hydrogen-bond donors (Lipinski definition) is 3. The maximum Gasteiger partial charge on any atom is 0.257 e. The summed E-state index contributed by atoms with van der Waals surface area (Å²) in [7, 11) is 4.78. The van der Waals surface area contributed by atoms with Crippen molar-refractivity contribution in [1.29, 1.82) is 5.26 Å². The van der Waals surface area contributed by atoms with Crippen molar-refractivity contribution in [2.45, 2.75) is 5.92 Å². The molecule has 0 fully saturated rings. The van der Waals surface area contributed by atoms with Crippen molar-refractivity contribution in [2.75, 3.05) is 26.6 Å². The monoisotopic (exact) mass is 411 g/mol. The molecule has 1 unspecified atom stereocenters. The van der Waals surface area contributed by atoms with Crippen LogP contribution in [0.1, 0.15) is 17.0 Å². The van der Waals surface area contributed by atoms with Crippen molar-refractivity contribution in [3.05, 3.63) is 51.1 Å². The number of aromatic nitrogens is 2. The van der Waals surface area contributed by atoms with Crippen LogP contribution in [0.5, 0.6) is 17.2 Å². The lowest BCUT2D eigenvalue weighted by atomic mass is 9.84. The fourth-order valence-electron chi connectivity index (χ4n) is 3.37. The number of ether oxygens (including phenoxy) is 3. The lowest BCUT2D eigenvalue weighted by Crippen LogP contribution is -2.27. The Bertz CT molecular complexity index is 1250. The molecule has 1 aromatic carbocycles. The van der Waals surface area contributed by atoms with Gasteiger partial charge in [0, 0.05) is 7.05 Å². The van der Waals surface area contributed by atoms with Crippen LogP contribution in [-0.4, -0.2) is 31.2 Å². The maximum atomic E-state index is 13.0. The van der Waals surface area contributed by atoms with Crippen LogP contribution in [0.2, 0.25) is 0 Å². The van der Waals surface area contributed by atoms with Crippen LogP contribution < -0.4 is 30.8 Å². The Hall–Kier alpha value is -3.71. The Morgan fingerprint density at radius 3 is 2.76 bits per heavy atom. The zero-order valence-electron chi connectivity index (χ0n) is 15.8. The van der Waals surface area contributed by atoms with Crippen LogP contribution >= 0.6 is 11.3 Å². The summed E-state index contributed by atoms with van der Waals surface area (Å²) in [6.45, 7) is 0. The van der Waals surface area contributed by atoms with Crippen LogP contribution in [0.3, 0.4) is 0 Å². The molecule has 148 valence electrons. The van der Waals surface area contributed by atoms with Gasteiger partial charge in [0.25, 0.3) is 5.56 Å². The van der Waals surface area contributed by atoms with E-state index in [1.54, 1.807) is 25.2 Å². The zero-order valence-corrected chi connectivity index (χ0v) is 16.6. The van der Waals surface area contributed by atoms with E-state index in [0.717, 1.165) is 0 Å². The molecule has 9 nitrogen and oxygen atoms in total. The van der Waals surface area contributed by atoms with Crippen LogP contribution in [0.4, 0.5) is 5.13 Å². The topological polar surface area (TPSA) is 135 Å². The van der Waals surface area contributed by atoms with Gasteiger partial charge >= 0.3 is 0 Å². The summed E-state index contributed by atoms with van der Waals surface area (Å²) < 4.78 is 17.0. The summed E-state index contributed by atoms with van der Waals surface area (Å²) in [6, 6.07) is 7.28. The van der Waals surface area contributed by atoms with Crippen LogP contribution in [-0.2, 0) is 0 Å². The highest BCUT2D eigenvalue weighted by molar-refractivity contribution is 7.22. The molecule has 2 aromatic heterocycles. The molecule has 3 heterocycles. The predicted octanol–water partition coefficient (Wildman–Crippen LogP) is 2.26. The molecule has 1 atom stereocenters. The van der Waals surface area contributed by atoms with Gasteiger partial charge in [0.1, 0.15) is 16.3 Å². The third-order valence-corrected chi connectivity index (χ3v) is 5.76. The van der Waals surface area contributed by atoms with E-state index in [1.165, 1.54) is 25.6 Å². The molecule has 0 radical (unpaired) electrons. The van der Waals surface area contributed by atoms with Gasteiger partial charge in [0.05, 0.1) is 25.7 Å². The van der Waals surface area contributed by atoms with Gasteiger partial charge in [-0.05, 0) is 17.7 Å². The van der Waals surface area contributed by atoms with E-state index in [9.17, 15) is 10.1 Å². The number of aromatic amines is 1. The van der Waals surface area contributed by atoms with E-state index in [1.807, 2.05) is 0 Å². The summed E-state index contributed by atoms with van der Waals surface area (Å²) in [5.74, 6) is 0.535. The molecule has 4 N–H and O–H groups in total. The van der Waals surface area contributed by atoms with Gasteiger partial charge in [-0.15, -0.1) is 0 Å². The van der Waals surface area contributed by atoms with Gasteiger partial charge in [0.2, 0.25) is 5.88 Å². The van der Waals surface area contributed by atoms with Gasteiger partial charge < -0.3 is 30.2 Å². The first-order valence-corrected chi connectivity index (χ1v) is 9.38. The zero-order chi connectivity index (χ0) is 20.7. The minimum absolute atomic E-state index is 0.0499. The van der Waals surface area contributed by atoms with Crippen molar-refractivity contribution in [2.24, 2.45) is 5.73 Å². The highest BCUT2D eigenvalue weighted by atomic mass is 32.1. The number of benzene rings is 1. The van der Waals surface area contributed by atoms with Crippen molar-refractivity contribution < 1.29 is 14.2 Å². The van der Waals surface area contributed by atoms with E-state index in [-0.39, 0.29) is 11.5 Å². The smallest absolute Gasteiger partial charge is 0.257 e. The normalized spacial score (nSPS) is 15.4. The molecule has 1 aliphatic rings. The average Bonchev–Trinajstić information content (AvgIpc) is 3.15. The molecule has 4 rings (SSSR count). The standard InChI is InChI=1S/C19H17N5O4S/c1-22-19-24-17-15(29-19)14-13(18(25)23-17)12(9(7-20)16(21)28-14)8-4-5-10(26-2)11(6-8)27-3/h4-6,12H,21H2,1-3H3,(H2,22,23,24,25). The van der Waals surface area contributed by atoms with Crippen molar-refractivity contribution in [3.63, 3.8) is 0 Å². The number of nitrogens with zero attached hydrogens (tertiary/aromatic N) is 2. The van der Waals surface area contributed by atoms with Crippen molar-refractivity contribution in [3.8, 4) is 23.3 Å². The molecular weight excluding hydrogens is 394 g/mol. The molecule has 0 amide bonds. The summed E-state index contributed by atoms with van der Waals surface area (Å²) in [5.41, 5.74) is 7.15. The number of thiazole rings is 1. The first kappa shape index (κ1) is 18.6. The van der Waals surface area contributed by atoms with E-state index in [2.05, 4.69) is 21.4 Å². The lowest BCUT2D eigenvalue weighted by molar-refractivity contribution is 0.354. The summed E-state index contributed by atoms with van der Waals surface area (Å²) in [6.07, 6.45) is 0. The maximum absolute atomic E-state index is 13.0. The third-order valence-electron chi connectivity index (χ3n) is 4.68. The van der Waals surface area contributed by atoms with Gasteiger partial charge in [-0.25, -0.2) is 4.98 Å². The predicted molar refractivity (Wildman–Crippen MR) is 109 cm³/mol.